The fourth-order valence-electron chi connectivity index (χ4n) is 4.14. The van der Waals surface area contributed by atoms with Crippen molar-refractivity contribution in [2.75, 3.05) is 0 Å². The zero-order valence-electron chi connectivity index (χ0n) is 14.2. The van der Waals surface area contributed by atoms with Crippen LogP contribution in [-0.2, 0) is 5.60 Å². The fraction of sp³-hybridized carbons (Fsp3) is 0.100. The highest BCUT2D eigenvalue weighted by Gasteiger charge is 2.60. The molecule has 0 atom stereocenters. The van der Waals surface area contributed by atoms with Crippen molar-refractivity contribution < 1.29 is 32.3 Å². The quantitative estimate of drug-likeness (QED) is 0.294. The van der Waals surface area contributed by atoms with E-state index in [1.165, 1.54) is 36.7 Å². The van der Waals surface area contributed by atoms with E-state index in [2.05, 4.69) is 9.97 Å². The predicted octanol–water partition coefficient (Wildman–Crippen LogP) is 2.94. The second-order valence-electron chi connectivity index (χ2n) is 6.73. The van der Waals surface area contributed by atoms with Crippen LogP contribution in [0.3, 0.4) is 0 Å². The molecule has 2 aromatic heterocycles. The Morgan fingerprint density at radius 1 is 0.759 bits per heavy atom. The van der Waals surface area contributed by atoms with Gasteiger partial charge in [0.2, 0.25) is 0 Å². The molecular weight excluding hydrogens is 392 g/mol. The van der Waals surface area contributed by atoms with E-state index in [-0.39, 0.29) is 22.5 Å². The average molecular weight is 400 g/mol. The van der Waals surface area contributed by atoms with Crippen LogP contribution in [0.5, 0.6) is 0 Å². The standard InChI is InChI=1S/C20H8F4N2O3/c21-12-9-10(13(22)15(24)14(12)23)19(28)11(18(9)27)20(29)7-3-1-5-25-16(7)17-8(20)4-2-6-26-17/h1-6,11,29H. The lowest BCUT2D eigenvalue weighted by molar-refractivity contribution is 0.0249. The van der Waals surface area contributed by atoms with Gasteiger partial charge in [-0.3, -0.25) is 19.6 Å². The first-order valence-electron chi connectivity index (χ1n) is 8.38. The number of fused-ring (bicyclic) bond motifs is 4. The number of aromatic nitrogens is 2. The number of Topliss-reactive ketones (excluding diaryl/α,β-unsaturated/α-hetero) is 2. The lowest BCUT2D eigenvalue weighted by Crippen LogP contribution is -2.41. The number of benzene rings is 1. The summed E-state index contributed by atoms with van der Waals surface area (Å²) >= 11 is 0. The molecule has 0 spiro atoms. The molecule has 0 unspecified atom stereocenters. The first-order valence-corrected chi connectivity index (χ1v) is 8.38. The van der Waals surface area contributed by atoms with Crippen molar-refractivity contribution in [3.8, 4) is 11.4 Å². The van der Waals surface area contributed by atoms with Gasteiger partial charge in [-0.05, 0) is 12.1 Å². The van der Waals surface area contributed by atoms with E-state index >= 15 is 0 Å². The lowest BCUT2D eigenvalue weighted by Gasteiger charge is -2.29. The Kier molecular flexibility index (Phi) is 3.37. The number of carbonyl (C=O) groups is 2. The van der Waals surface area contributed by atoms with E-state index in [1.54, 1.807) is 0 Å². The molecule has 2 heterocycles. The maximum Gasteiger partial charge on any atom is 0.198 e. The van der Waals surface area contributed by atoms with Crippen LogP contribution >= 0.6 is 0 Å². The van der Waals surface area contributed by atoms with Crippen molar-refractivity contribution in [3.63, 3.8) is 0 Å². The van der Waals surface area contributed by atoms with E-state index in [0.29, 0.717) is 0 Å². The Morgan fingerprint density at radius 3 is 1.59 bits per heavy atom. The van der Waals surface area contributed by atoms with Gasteiger partial charge in [-0.2, -0.15) is 0 Å². The number of pyridine rings is 2. The van der Waals surface area contributed by atoms with Crippen molar-refractivity contribution in [1.29, 1.82) is 0 Å². The minimum atomic E-state index is -2.37. The molecule has 0 amide bonds. The molecule has 144 valence electrons. The van der Waals surface area contributed by atoms with Crippen LogP contribution < -0.4 is 0 Å². The fourth-order valence-corrected chi connectivity index (χ4v) is 4.14. The Balaban J connectivity index is 1.82. The van der Waals surface area contributed by atoms with Crippen LogP contribution in [0.1, 0.15) is 31.8 Å². The predicted molar refractivity (Wildman–Crippen MR) is 88.9 cm³/mol. The number of rotatable bonds is 1. The highest BCUT2D eigenvalue weighted by molar-refractivity contribution is 6.28. The Bertz CT molecular complexity index is 1180. The Labute approximate surface area is 159 Å². The molecule has 2 aliphatic rings. The molecule has 0 fully saturated rings. The molecule has 0 saturated heterocycles. The van der Waals surface area contributed by atoms with Gasteiger partial charge >= 0.3 is 0 Å². The number of halogens is 4. The maximum absolute atomic E-state index is 14.3. The number of hydrogen-bond acceptors (Lipinski definition) is 5. The van der Waals surface area contributed by atoms with Crippen molar-refractivity contribution in [3.05, 3.63) is 82.2 Å². The molecule has 0 aliphatic heterocycles. The van der Waals surface area contributed by atoms with Gasteiger partial charge in [0.25, 0.3) is 0 Å². The van der Waals surface area contributed by atoms with Crippen LogP contribution in [0.25, 0.3) is 11.4 Å². The molecule has 5 nitrogen and oxygen atoms in total. The van der Waals surface area contributed by atoms with Gasteiger partial charge in [-0.1, -0.05) is 12.1 Å². The third-order valence-corrected chi connectivity index (χ3v) is 5.36. The van der Waals surface area contributed by atoms with E-state index in [1.807, 2.05) is 0 Å². The third-order valence-electron chi connectivity index (χ3n) is 5.36. The maximum atomic E-state index is 14.3. The van der Waals surface area contributed by atoms with Crippen LogP contribution in [0, 0.1) is 29.2 Å². The molecule has 0 radical (unpaired) electrons. The summed E-state index contributed by atoms with van der Waals surface area (Å²) in [6.07, 6.45) is 2.81. The molecule has 0 bridgehead atoms. The summed E-state index contributed by atoms with van der Waals surface area (Å²) < 4.78 is 55.9. The number of hydrogen-bond donors (Lipinski definition) is 1. The molecule has 5 rings (SSSR count). The van der Waals surface area contributed by atoms with Crippen molar-refractivity contribution in [2.45, 2.75) is 5.60 Å². The number of carbonyl (C=O) groups excluding carboxylic acids is 2. The molecular formula is C20H8F4N2O3. The monoisotopic (exact) mass is 400 g/mol. The summed E-state index contributed by atoms with van der Waals surface area (Å²) in [5.74, 6) is -13.1. The number of aliphatic hydroxyl groups is 1. The van der Waals surface area contributed by atoms with E-state index in [0.717, 1.165) is 0 Å². The molecule has 1 aromatic carbocycles. The van der Waals surface area contributed by atoms with Gasteiger partial charge < -0.3 is 5.11 Å². The summed E-state index contributed by atoms with van der Waals surface area (Å²) in [5.41, 5.74) is -4.39. The Morgan fingerprint density at radius 2 is 1.17 bits per heavy atom. The number of ketones is 2. The van der Waals surface area contributed by atoms with Gasteiger partial charge in [-0.15, -0.1) is 0 Å². The smallest absolute Gasteiger partial charge is 0.198 e. The summed E-state index contributed by atoms with van der Waals surface area (Å²) in [7, 11) is 0. The highest BCUT2D eigenvalue weighted by atomic mass is 19.2. The Hall–Kier alpha value is -3.46. The first-order chi connectivity index (χ1) is 13.8. The van der Waals surface area contributed by atoms with Crippen molar-refractivity contribution in [2.24, 2.45) is 5.92 Å². The van der Waals surface area contributed by atoms with Crippen LogP contribution in [0.15, 0.2) is 36.7 Å². The van der Waals surface area contributed by atoms with Crippen molar-refractivity contribution in [1.82, 2.24) is 9.97 Å². The SMILES string of the molecule is O=C1c2c(F)c(F)c(F)c(F)c2C(=O)C1C1(O)c2cccnc2-c2ncccc21. The number of nitrogens with zero attached hydrogens (tertiary/aromatic N) is 2. The summed E-state index contributed by atoms with van der Waals surface area (Å²) in [6.45, 7) is 0. The molecule has 3 aromatic rings. The van der Waals surface area contributed by atoms with E-state index in [4.69, 9.17) is 0 Å². The van der Waals surface area contributed by atoms with E-state index in [9.17, 15) is 32.3 Å². The van der Waals surface area contributed by atoms with E-state index < -0.39 is 57.5 Å². The zero-order valence-corrected chi connectivity index (χ0v) is 14.2. The zero-order chi connectivity index (χ0) is 20.7. The van der Waals surface area contributed by atoms with Gasteiger partial charge in [0, 0.05) is 23.5 Å². The normalized spacial score (nSPS) is 16.7. The van der Waals surface area contributed by atoms with Crippen LogP contribution in [0.2, 0.25) is 0 Å². The lowest BCUT2D eigenvalue weighted by atomic mass is 9.77. The molecule has 29 heavy (non-hydrogen) atoms. The summed E-state index contributed by atoms with van der Waals surface area (Å²) in [6, 6.07) is 5.66. The highest BCUT2D eigenvalue weighted by Crippen LogP contribution is 2.53. The summed E-state index contributed by atoms with van der Waals surface area (Å²) in [5, 5.41) is 11.6. The average Bonchev–Trinajstić information content (AvgIpc) is 3.14. The van der Waals surface area contributed by atoms with Crippen molar-refractivity contribution >= 4 is 11.6 Å². The molecule has 2 aliphatic carbocycles. The second-order valence-corrected chi connectivity index (χ2v) is 6.73. The minimum absolute atomic E-state index is 0.0231. The molecule has 1 N–H and O–H groups in total. The van der Waals surface area contributed by atoms with Gasteiger partial charge in [0.15, 0.2) is 34.8 Å². The molecule has 0 saturated carbocycles. The summed E-state index contributed by atoms with van der Waals surface area (Å²) in [4.78, 5) is 34.1. The van der Waals surface area contributed by atoms with Crippen LogP contribution in [0.4, 0.5) is 17.6 Å². The van der Waals surface area contributed by atoms with Gasteiger partial charge in [0.05, 0.1) is 22.5 Å². The third kappa shape index (κ3) is 1.92. The first kappa shape index (κ1) is 17.6. The largest absolute Gasteiger partial charge is 0.379 e. The molecule has 9 heteroatoms. The minimum Gasteiger partial charge on any atom is -0.379 e. The van der Waals surface area contributed by atoms with Crippen LogP contribution in [-0.4, -0.2) is 26.6 Å². The van der Waals surface area contributed by atoms with Gasteiger partial charge in [-0.25, -0.2) is 17.6 Å². The van der Waals surface area contributed by atoms with Gasteiger partial charge in [0.1, 0.15) is 11.5 Å². The topological polar surface area (TPSA) is 80.2 Å². The second kappa shape index (κ2) is 5.54.